The molecule has 1 aliphatic rings. The second kappa shape index (κ2) is 7.97. The number of benzene rings is 1. The van der Waals surface area contributed by atoms with Gasteiger partial charge in [-0.15, -0.1) is 11.3 Å². The third-order valence-corrected chi connectivity index (χ3v) is 7.13. The van der Waals surface area contributed by atoms with Crippen LogP contribution in [0.5, 0.6) is 0 Å². The second-order valence-corrected chi connectivity index (χ2v) is 10.2. The van der Waals surface area contributed by atoms with Gasteiger partial charge in [-0.2, -0.15) is 0 Å². The van der Waals surface area contributed by atoms with E-state index < -0.39 is 5.97 Å². The smallest absolute Gasteiger partial charge is 0.337 e. The van der Waals surface area contributed by atoms with Crippen molar-refractivity contribution in [2.45, 2.75) is 39.7 Å². The lowest BCUT2D eigenvalue weighted by atomic mass is 9.75. The maximum Gasteiger partial charge on any atom is 0.337 e. The van der Waals surface area contributed by atoms with Crippen LogP contribution < -0.4 is 0 Å². The van der Waals surface area contributed by atoms with Crippen molar-refractivity contribution >= 4 is 17.3 Å². The van der Waals surface area contributed by atoms with Gasteiger partial charge in [0.15, 0.2) is 0 Å². The molecule has 4 nitrogen and oxygen atoms in total. The summed E-state index contributed by atoms with van der Waals surface area (Å²) in [5.74, 6) is -0.824. The first-order valence-corrected chi connectivity index (χ1v) is 11.1. The minimum Gasteiger partial charge on any atom is -0.478 e. The molecule has 1 aliphatic carbocycles. The molecule has 0 bridgehead atoms. The van der Waals surface area contributed by atoms with Gasteiger partial charge in [-0.25, -0.2) is 4.79 Å². The van der Waals surface area contributed by atoms with E-state index in [9.17, 15) is 9.90 Å². The lowest BCUT2D eigenvalue weighted by Crippen LogP contribution is -2.22. The quantitative estimate of drug-likeness (QED) is 0.571. The first-order chi connectivity index (χ1) is 14.3. The molecule has 0 amide bonds. The third-order valence-electron chi connectivity index (χ3n) is 5.81. The summed E-state index contributed by atoms with van der Waals surface area (Å²) >= 11 is 1.66. The minimum atomic E-state index is -0.824. The molecule has 0 saturated carbocycles. The van der Waals surface area contributed by atoms with E-state index in [-0.39, 0.29) is 5.41 Å². The molecule has 1 aromatic carbocycles. The standard InChI is InChI=1S/C25H28N2O2S/c1-25(2)12-11-21-19(14-25)22(24(28)29)23(30-21)18-9-6-5-8-16(18)17-10-7-13-26-20(17)15-27(3)4/h5-10,13H,11-12,14-15H2,1-4H3,(H,28,29). The van der Waals surface area contributed by atoms with Crippen molar-refractivity contribution in [2.24, 2.45) is 5.41 Å². The lowest BCUT2D eigenvalue weighted by molar-refractivity contribution is 0.0696. The van der Waals surface area contributed by atoms with Crippen LogP contribution in [-0.4, -0.2) is 35.1 Å². The van der Waals surface area contributed by atoms with Gasteiger partial charge in [-0.05, 0) is 56.0 Å². The number of pyridine rings is 1. The molecule has 5 heteroatoms. The van der Waals surface area contributed by atoms with Crippen molar-refractivity contribution in [1.82, 2.24) is 9.88 Å². The zero-order chi connectivity index (χ0) is 21.5. The molecule has 1 N–H and O–H groups in total. The van der Waals surface area contributed by atoms with Crippen molar-refractivity contribution in [3.05, 3.63) is 64.3 Å². The number of hydrogen-bond acceptors (Lipinski definition) is 4. The number of nitrogens with zero attached hydrogens (tertiary/aromatic N) is 2. The maximum absolute atomic E-state index is 12.4. The molecule has 0 spiro atoms. The van der Waals surface area contributed by atoms with E-state index >= 15 is 0 Å². The summed E-state index contributed by atoms with van der Waals surface area (Å²) in [4.78, 5) is 21.2. The van der Waals surface area contributed by atoms with E-state index in [1.165, 1.54) is 4.88 Å². The average Bonchev–Trinajstić information content (AvgIpc) is 3.05. The van der Waals surface area contributed by atoms with E-state index in [4.69, 9.17) is 0 Å². The third kappa shape index (κ3) is 3.92. The van der Waals surface area contributed by atoms with Crippen molar-refractivity contribution in [3.8, 4) is 21.6 Å². The van der Waals surface area contributed by atoms with Crippen LogP contribution in [0, 0.1) is 5.41 Å². The van der Waals surface area contributed by atoms with E-state index in [2.05, 4.69) is 41.9 Å². The first kappa shape index (κ1) is 20.8. The van der Waals surface area contributed by atoms with Crippen LogP contribution in [0.3, 0.4) is 0 Å². The highest BCUT2D eigenvalue weighted by molar-refractivity contribution is 7.16. The van der Waals surface area contributed by atoms with Crippen LogP contribution in [-0.2, 0) is 19.4 Å². The highest BCUT2D eigenvalue weighted by Crippen LogP contribution is 2.47. The molecule has 0 unspecified atom stereocenters. The van der Waals surface area contributed by atoms with Crippen molar-refractivity contribution < 1.29 is 9.90 Å². The molecule has 156 valence electrons. The zero-order valence-electron chi connectivity index (χ0n) is 18.0. The molecule has 4 rings (SSSR count). The van der Waals surface area contributed by atoms with Crippen LogP contribution in [0.1, 0.15) is 46.8 Å². The van der Waals surface area contributed by atoms with Crippen molar-refractivity contribution in [3.63, 3.8) is 0 Å². The molecule has 30 heavy (non-hydrogen) atoms. The number of hydrogen-bond donors (Lipinski definition) is 1. The molecule has 0 saturated heterocycles. The van der Waals surface area contributed by atoms with Gasteiger partial charge >= 0.3 is 5.97 Å². The maximum atomic E-state index is 12.4. The topological polar surface area (TPSA) is 53.4 Å². The fraction of sp³-hybridized carbons (Fsp3) is 0.360. The summed E-state index contributed by atoms with van der Waals surface area (Å²) in [5.41, 5.74) is 5.75. The molecule has 2 aromatic heterocycles. The van der Waals surface area contributed by atoms with Crippen LogP contribution in [0.2, 0.25) is 0 Å². The number of aromatic carboxylic acids is 1. The van der Waals surface area contributed by atoms with Gasteiger partial charge in [0.2, 0.25) is 0 Å². The molecule has 0 fully saturated rings. The summed E-state index contributed by atoms with van der Waals surface area (Å²) in [5, 5.41) is 10.2. The predicted molar refractivity (Wildman–Crippen MR) is 123 cm³/mol. The lowest BCUT2D eigenvalue weighted by Gasteiger charge is -2.29. The fourth-order valence-electron chi connectivity index (χ4n) is 4.36. The number of aryl methyl sites for hydroxylation is 1. The Bertz CT molecular complexity index is 1100. The number of carboxylic acid groups (broad SMARTS) is 1. The summed E-state index contributed by atoms with van der Waals surface area (Å²) in [6, 6.07) is 12.2. The number of thiophene rings is 1. The molecule has 0 atom stereocenters. The van der Waals surface area contributed by atoms with Gasteiger partial charge in [0.05, 0.1) is 11.3 Å². The molecular weight excluding hydrogens is 392 g/mol. The van der Waals surface area contributed by atoms with Crippen LogP contribution in [0.25, 0.3) is 21.6 Å². The number of aromatic nitrogens is 1. The highest BCUT2D eigenvalue weighted by Gasteiger charge is 2.33. The van der Waals surface area contributed by atoms with E-state index in [0.717, 1.165) is 58.6 Å². The summed E-state index contributed by atoms with van der Waals surface area (Å²) in [6.07, 6.45) is 4.69. The Hall–Kier alpha value is -2.50. The Morgan fingerprint density at radius 1 is 1.13 bits per heavy atom. The fourth-order valence-corrected chi connectivity index (χ4v) is 5.71. The Kier molecular flexibility index (Phi) is 5.51. The zero-order valence-corrected chi connectivity index (χ0v) is 18.8. The number of rotatable bonds is 5. The van der Waals surface area contributed by atoms with E-state index in [1.807, 2.05) is 38.5 Å². The number of carboxylic acids is 1. The molecule has 0 aliphatic heterocycles. The van der Waals surface area contributed by atoms with Gasteiger partial charge in [0.1, 0.15) is 0 Å². The molecule has 2 heterocycles. The summed E-state index contributed by atoms with van der Waals surface area (Å²) in [7, 11) is 4.06. The van der Waals surface area contributed by atoms with E-state index in [1.54, 1.807) is 11.3 Å². The Balaban J connectivity index is 1.92. The normalized spacial score (nSPS) is 15.2. The predicted octanol–water partition coefficient (Wildman–Crippen LogP) is 5.75. The summed E-state index contributed by atoms with van der Waals surface area (Å²) < 4.78 is 0. The largest absolute Gasteiger partial charge is 0.478 e. The highest BCUT2D eigenvalue weighted by atomic mass is 32.1. The monoisotopic (exact) mass is 420 g/mol. The van der Waals surface area contributed by atoms with Gasteiger partial charge in [-0.1, -0.05) is 44.2 Å². The van der Waals surface area contributed by atoms with E-state index in [0.29, 0.717) is 5.56 Å². The Morgan fingerprint density at radius 3 is 2.53 bits per heavy atom. The van der Waals surface area contributed by atoms with Gasteiger partial charge < -0.3 is 10.0 Å². The minimum absolute atomic E-state index is 0.136. The second-order valence-electron chi connectivity index (χ2n) is 9.14. The van der Waals surface area contributed by atoms with Crippen LogP contribution in [0.4, 0.5) is 0 Å². The Labute approximate surface area is 182 Å². The molecular formula is C25H28N2O2S. The van der Waals surface area contributed by atoms with Crippen molar-refractivity contribution in [2.75, 3.05) is 14.1 Å². The average molecular weight is 421 g/mol. The first-order valence-electron chi connectivity index (χ1n) is 10.3. The van der Waals surface area contributed by atoms with Gasteiger partial charge in [0, 0.05) is 33.6 Å². The molecule has 0 radical (unpaired) electrons. The van der Waals surface area contributed by atoms with Crippen LogP contribution >= 0.6 is 11.3 Å². The molecule has 3 aromatic rings. The van der Waals surface area contributed by atoms with Gasteiger partial charge in [0.25, 0.3) is 0 Å². The van der Waals surface area contributed by atoms with Gasteiger partial charge in [-0.3, -0.25) is 4.98 Å². The number of fused-ring (bicyclic) bond motifs is 1. The Morgan fingerprint density at radius 2 is 1.83 bits per heavy atom. The summed E-state index contributed by atoms with van der Waals surface area (Å²) in [6.45, 7) is 5.19. The van der Waals surface area contributed by atoms with Crippen LogP contribution in [0.15, 0.2) is 42.6 Å². The SMILES string of the molecule is CN(C)Cc1ncccc1-c1ccccc1-c1sc2c(c1C(=O)O)CC(C)(C)CC2. The number of carbonyl (C=O) groups is 1. The van der Waals surface area contributed by atoms with Crippen molar-refractivity contribution in [1.29, 1.82) is 0 Å².